The van der Waals surface area contributed by atoms with Gasteiger partial charge in [-0.05, 0) is 31.2 Å². The number of pyridine rings is 1. The molecule has 2 rings (SSSR count). The summed E-state index contributed by atoms with van der Waals surface area (Å²) in [5.41, 5.74) is 2.06. The van der Waals surface area contributed by atoms with Crippen LogP contribution in [0.4, 0.5) is 4.39 Å². The third kappa shape index (κ3) is 2.00. The Kier molecular flexibility index (Phi) is 2.69. The summed E-state index contributed by atoms with van der Waals surface area (Å²) in [7, 11) is 0. The first-order valence-corrected chi connectivity index (χ1v) is 4.93. The Morgan fingerprint density at radius 3 is 2.73 bits per heavy atom. The van der Waals surface area contributed by atoms with Crippen LogP contribution in [-0.2, 0) is 0 Å². The number of hydrogen-bond acceptors (Lipinski definition) is 1. The molecule has 0 bridgehead atoms. The van der Waals surface area contributed by atoms with Crippen molar-refractivity contribution in [2.24, 2.45) is 0 Å². The zero-order valence-corrected chi connectivity index (χ0v) is 8.92. The van der Waals surface area contributed by atoms with E-state index >= 15 is 0 Å². The largest absolute Gasteiger partial charge is 0.261 e. The van der Waals surface area contributed by atoms with Crippen LogP contribution in [0.3, 0.4) is 0 Å². The van der Waals surface area contributed by atoms with Crippen molar-refractivity contribution >= 4 is 11.6 Å². The van der Waals surface area contributed by atoms with Gasteiger partial charge in [-0.3, -0.25) is 4.98 Å². The van der Waals surface area contributed by atoms with E-state index in [1.807, 2.05) is 13.0 Å². The number of nitrogens with zero attached hydrogens (tertiary/aromatic N) is 1. The van der Waals surface area contributed by atoms with Crippen LogP contribution in [0.15, 0.2) is 36.5 Å². The van der Waals surface area contributed by atoms with E-state index in [9.17, 15) is 4.39 Å². The minimum atomic E-state index is -0.282. The highest BCUT2D eigenvalue weighted by atomic mass is 35.5. The van der Waals surface area contributed by atoms with Gasteiger partial charge in [-0.15, -0.1) is 0 Å². The summed E-state index contributed by atoms with van der Waals surface area (Å²) in [6.45, 7) is 1.84. The van der Waals surface area contributed by atoms with Crippen LogP contribution >= 0.6 is 11.6 Å². The van der Waals surface area contributed by atoms with E-state index in [4.69, 9.17) is 11.6 Å². The predicted octanol–water partition coefficient (Wildman–Crippen LogP) is 3.85. The molecule has 0 unspecified atom stereocenters. The van der Waals surface area contributed by atoms with Gasteiger partial charge in [0.2, 0.25) is 0 Å². The summed E-state index contributed by atoms with van der Waals surface area (Å²) in [6, 6.07) is 8.12. The first kappa shape index (κ1) is 10.1. The van der Waals surface area contributed by atoms with Crippen LogP contribution < -0.4 is 0 Å². The first-order valence-electron chi connectivity index (χ1n) is 4.55. The fourth-order valence-electron chi connectivity index (χ4n) is 1.47. The molecule has 1 nitrogen and oxygen atoms in total. The van der Waals surface area contributed by atoms with E-state index < -0.39 is 0 Å². The summed E-state index contributed by atoms with van der Waals surface area (Å²) in [6.07, 6.45) is 1.68. The molecule has 0 aliphatic carbocycles. The second kappa shape index (κ2) is 3.99. The van der Waals surface area contributed by atoms with Gasteiger partial charge in [0.25, 0.3) is 0 Å². The lowest BCUT2D eigenvalue weighted by Crippen LogP contribution is -1.89. The number of benzene rings is 1. The zero-order chi connectivity index (χ0) is 10.8. The van der Waals surface area contributed by atoms with E-state index in [0.717, 1.165) is 11.3 Å². The Morgan fingerprint density at radius 1 is 1.20 bits per heavy atom. The highest BCUT2D eigenvalue weighted by molar-refractivity contribution is 6.30. The fourth-order valence-corrected chi connectivity index (χ4v) is 1.64. The molecule has 1 heterocycles. The quantitative estimate of drug-likeness (QED) is 0.713. The normalized spacial score (nSPS) is 10.3. The Hall–Kier alpha value is -1.41. The van der Waals surface area contributed by atoms with Crippen molar-refractivity contribution in [1.82, 2.24) is 4.98 Å². The average Bonchev–Trinajstić information content (AvgIpc) is 2.23. The summed E-state index contributed by atoms with van der Waals surface area (Å²) in [5.74, 6) is -0.282. The van der Waals surface area contributed by atoms with Crippen molar-refractivity contribution in [3.8, 4) is 11.1 Å². The van der Waals surface area contributed by atoms with E-state index in [0.29, 0.717) is 10.6 Å². The second-order valence-corrected chi connectivity index (χ2v) is 3.70. The zero-order valence-electron chi connectivity index (χ0n) is 8.17. The van der Waals surface area contributed by atoms with Crippen molar-refractivity contribution in [3.63, 3.8) is 0 Å². The van der Waals surface area contributed by atoms with E-state index in [1.165, 1.54) is 12.1 Å². The van der Waals surface area contributed by atoms with Gasteiger partial charge in [-0.25, -0.2) is 4.39 Å². The first-order chi connectivity index (χ1) is 7.18. The van der Waals surface area contributed by atoms with Gasteiger partial charge in [-0.1, -0.05) is 17.7 Å². The lowest BCUT2D eigenvalue weighted by Gasteiger charge is -2.06. The molecule has 0 aliphatic rings. The summed E-state index contributed by atoms with van der Waals surface area (Å²) >= 11 is 5.83. The molecular formula is C12H9ClFN. The van der Waals surface area contributed by atoms with Gasteiger partial charge < -0.3 is 0 Å². The minimum Gasteiger partial charge on any atom is -0.261 e. The molecule has 0 N–H and O–H groups in total. The Labute approximate surface area is 92.5 Å². The van der Waals surface area contributed by atoms with Gasteiger partial charge in [0.05, 0.1) is 0 Å². The average molecular weight is 222 g/mol. The van der Waals surface area contributed by atoms with Gasteiger partial charge in [0, 0.05) is 28.0 Å². The monoisotopic (exact) mass is 221 g/mol. The van der Waals surface area contributed by atoms with Crippen molar-refractivity contribution in [2.45, 2.75) is 6.92 Å². The molecule has 0 aliphatic heterocycles. The Morgan fingerprint density at radius 2 is 2.00 bits per heavy atom. The fraction of sp³-hybridized carbons (Fsp3) is 0.0833. The van der Waals surface area contributed by atoms with Crippen LogP contribution in [0.5, 0.6) is 0 Å². The van der Waals surface area contributed by atoms with E-state index in [2.05, 4.69) is 4.98 Å². The predicted molar refractivity (Wildman–Crippen MR) is 59.4 cm³/mol. The van der Waals surface area contributed by atoms with Crippen LogP contribution in [0.2, 0.25) is 5.02 Å². The maximum Gasteiger partial charge on any atom is 0.131 e. The molecule has 0 atom stereocenters. The summed E-state index contributed by atoms with van der Waals surface area (Å²) in [5, 5.41) is 0.523. The molecule has 0 fully saturated rings. The molecule has 0 radical (unpaired) electrons. The molecule has 2 aromatic rings. The molecular weight excluding hydrogens is 213 g/mol. The van der Waals surface area contributed by atoms with Gasteiger partial charge in [0.15, 0.2) is 0 Å². The number of aryl methyl sites for hydroxylation is 1. The molecule has 0 spiro atoms. The molecule has 1 aromatic heterocycles. The highest BCUT2D eigenvalue weighted by Gasteiger charge is 2.08. The van der Waals surface area contributed by atoms with E-state index in [1.54, 1.807) is 18.3 Å². The Balaban J connectivity index is 2.64. The SMILES string of the molecule is Cc1ncccc1-c1cc(Cl)ccc1F. The topological polar surface area (TPSA) is 12.9 Å². The molecule has 15 heavy (non-hydrogen) atoms. The van der Waals surface area contributed by atoms with Crippen molar-refractivity contribution < 1.29 is 4.39 Å². The highest BCUT2D eigenvalue weighted by Crippen LogP contribution is 2.27. The van der Waals surface area contributed by atoms with Crippen LogP contribution in [0, 0.1) is 12.7 Å². The van der Waals surface area contributed by atoms with E-state index in [-0.39, 0.29) is 5.82 Å². The number of rotatable bonds is 1. The van der Waals surface area contributed by atoms with Gasteiger partial charge in [-0.2, -0.15) is 0 Å². The summed E-state index contributed by atoms with van der Waals surface area (Å²) in [4.78, 5) is 4.12. The van der Waals surface area contributed by atoms with Gasteiger partial charge >= 0.3 is 0 Å². The molecule has 3 heteroatoms. The molecule has 0 saturated carbocycles. The maximum absolute atomic E-state index is 13.5. The molecule has 0 amide bonds. The smallest absolute Gasteiger partial charge is 0.131 e. The Bertz CT molecular complexity index is 497. The van der Waals surface area contributed by atoms with Crippen molar-refractivity contribution in [3.05, 3.63) is 53.1 Å². The minimum absolute atomic E-state index is 0.282. The van der Waals surface area contributed by atoms with Crippen molar-refractivity contribution in [1.29, 1.82) is 0 Å². The van der Waals surface area contributed by atoms with Gasteiger partial charge in [0.1, 0.15) is 5.82 Å². The summed E-state index contributed by atoms with van der Waals surface area (Å²) < 4.78 is 13.5. The third-order valence-electron chi connectivity index (χ3n) is 2.23. The number of halogens is 2. The lowest BCUT2D eigenvalue weighted by molar-refractivity contribution is 0.631. The standard InChI is InChI=1S/C12H9ClFN/c1-8-10(3-2-6-15-8)11-7-9(13)4-5-12(11)14/h2-7H,1H3. The third-order valence-corrected chi connectivity index (χ3v) is 2.46. The molecule has 1 aromatic carbocycles. The second-order valence-electron chi connectivity index (χ2n) is 3.26. The lowest BCUT2D eigenvalue weighted by atomic mass is 10.0. The van der Waals surface area contributed by atoms with Crippen LogP contribution in [0.1, 0.15) is 5.69 Å². The maximum atomic E-state index is 13.5. The molecule has 76 valence electrons. The van der Waals surface area contributed by atoms with Crippen LogP contribution in [-0.4, -0.2) is 4.98 Å². The van der Waals surface area contributed by atoms with Crippen molar-refractivity contribution in [2.75, 3.05) is 0 Å². The van der Waals surface area contributed by atoms with Crippen LogP contribution in [0.25, 0.3) is 11.1 Å². The number of aromatic nitrogens is 1. The number of hydrogen-bond donors (Lipinski definition) is 0. The molecule has 0 saturated heterocycles.